The standard InChI is InChI=1S/C24H29NO7S/c1-30-21(9-5-6-10-22(27)28)23(19-7-3-4-8-20(19)31-16-15-26)32-24(29)25-17-11-13-18(33-2)14-12-17/h3-4,6-8,10-14,21,23,26H,5,9,15-16H2,1-2H3,(H,25,29)(H,27,28)/b10-6+/t21-,23-/m0/s1. The van der Waals surface area contributed by atoms with Gasteiger partial charge in [-0.25, -0.2) is 9.59 Å². The summed E-state index contributed by atoms with van der Waals surface area (Å²) in [5.41, 5.74) is 1.16. The Morgan fingerprint density at radius 3 is 2.52 bits per heavy atom. The number of aliphatic hydroxyl groups excluding tert-OH is 1. The van der Waals surface area contributed by atoms with Crippen molar-refractivity contribution in [1.29, 1.82) is 0 Å². The first-order valence-electron chi connectivity index (χ1n) is 10.3. The highest BCUT2D eigenvalue weighted by atomic mass is 32.2. The fraction of sp³-hybridized carbons (Fsp3) is 0.333. The quantitative estimate of drug-likeness (QED) is 0.286. The predicted molar refractivity (Wildman–Crippen MR) is 127 cm³/mol. The van der Waals surface area contributed by atoms with E-state index in [1.54, 1.807) is 48.2 Å². The summed E-state index contributed by atoms with van der Waals surface area (Å²) in [6.07, 6.45) is 3.27. The summed E-state index contributed by atoms with van der Waals surface area (Å²) < 4.78 is 17.0. The molecule has 33 heavy (non-hydrogen) atoms. The van der Waals surface area contributed by atoms with Gasteiger partial charge in [-0.2, -0.15) is 0 Å². The summed E-state index contributed by atoms with van der Waals surface area (Å²) in [7, 11) is 1.50. The Bertz CT molecular complexity index is 917. The van der Waals surface area contributed by atoms with E-state index in [0.29, 0.717) is 29.8 Å². The van der Waals surface area contributed by atoms with Crippen molar-refractivity contribution in [3.8, 4) is 5.75 Å². The van der Waals surface area contributed by atoms with Crippen LogP contribution in [0.4, 0.5) is 10.5 Å². The number of para-hydroxylation sites is 1. The van der Waals surface area contributed by atoms with Gasteiger partial charge < -0.3 is 24.4 Å². The zero-order chi connectivity index (χ0) is 24.1. The molecule has 0 fully saturated rings. The van der Waals surface area contributed by atoms with Gasteiger partial charge in [-0.05, 0) is 49.4 Å². The van der Waals surface area contributed by atoms with Crippen LogP contribution in [0.5, 0.6) is 5.75 Å². The number of amides is 1. The van der Waals surface area contributed by atoms with Crippen LogP contribution in [-0.2, 0) is 14.3 Å². The maximum atomic E-state index is 12.7. The first-order valence-corrected chi connectivity index (χ1v) is 11.6. The van der Waals surface area contributed by atoms with E-state index in [4.69, 9.17) is 24.4 Å². The molecule has 0 radical (unpaired) electrons. The van der Waals surface area contributed by atoms with E-state index < -0.39 is 24.3 Å². The van der Waals surface area contributed by atoms with Crippen molar-refractivity contribution in [2.45, 2.75) is 29.9 Å². The van der Waals surface area contributed by atoms with Crippen molar-refractivity contribution >= 4 is 29.5 Å². The molecule has 0 aliphatic carbocycles. The number of carbonyl (C=O) groups is 2. The Balaban J connectivity index is 2.25. The lowest BCUT2D eigenvalue weighted by atomic mass is 9.99. The lowest BCUT2D eigenvalue weighted by Gasteiger charge is -2.27. The molecule has 2 atom stereocenters. The summed E-state index contributed by atoms with van der Waals surface area (Å²) in [4.78, 5) is 24.6. The van der Waals surface area contributed by atoms with Gasteiger partial charge in [-0.1, -0.05) is 24.3 Å². The second kappa shape index (κ2) is 14.2. The van der Waals surface area contributed by atoms with E-state index in [9.17, 15) is 9.59 Å². The SMILES string of the molecule is CO[C@@H](CC/C=C/C(=O)O)[C@@H](OC(=O)Nc1ccc(SC)cc1)c1ccccc1OCCO. The van der Waals surface area contributed by atoms with Gasteiger partial charge in [0.25, 0.3) is 0 Å². The van der Waals surface area contributed by atoms with E-state index in [0.717, 1.165) is 11.0 Å². The number of carboxylic acids is 1. The van der Waals surface area contributed by atoms with Crippen LogP contribution in [0.25, 0.3) is 0 Å². The maximum absolute atomic E-state index is 12.7. The van der Waals surface area contributed by atoms with Gasteiger partial charge in [0.2, 0.25) is 0 Å². The number of allylic oxidation sites excluding steroid dienone is 1. The molecular weight excluding hydrogens is 446 g/mol. The number of thioether (sulfide) groups is 1. The van der Waals surface area contributed by atoms with Crippen molar-refractivity contribution in [3.05, 3.63) is 66.2 Å². The molecule has 0 aliphatic heterocycles. The van der Waals surface area contributed by atoms with Crippen molar-refractivity contribution < 1.29 is 34.0 Å². The minimum atomic E-state index is -1.04. The molecule has 2 aromatic carbocycles. The zero-order valence-electron chi connectivity index (χ0n) is 18.6. The number of carbonyl (C=O) groups excluding carboxylic acids is 1. The number of aliphatic hydroxyl groups is 1. The second-order valence-corrected chi connectivity index (χ2v) is 7.76. The van der Waals surface area contributed by atoms with E-state index in [2.05, 4.69) is 5.32 Å². The number of nitrogens with one attached hydrogen (secondary N) is 1. The molecule has 0 unspecified atom stereocenters. The Kier molecular flexibility index (Phi) is 11.3. The number of anilines is 1. The summed E-state index contributed by atoms with van der Waals surface area (Å²) >= 11 is 1.60. The molecule has 0 heterocycles. The summed E-state index contributed by atoms with van der Waals surface area (Å²) in [6, 6.07) is 14.4. The number of benzene rings is 2. The number of hydrogen-bond acceptors (Lipinski definition) is 7. The van der Waals surface area contributed by atoms with Gasteiger partial charge in [-0.15, -0.1) is 11.8 Å². The number of carboxylic acid groups (broad SMARTS) is 1. The maximum Gasteiger partial charge on any atom is 0.412 e. The van der Waals surface area contributed by atoms with Gasteiger partial charge in [-0.3, -0.25) is 5.32 Å². The number of hydrogen-bond donors (Lipinski definition) is 3. The third-order valence-corrected chi connectivity index (χ3v) is 5.41. The van der Waals surface area contributed by atoms with Gasteiger partial charge in [0.1, 0.15) is 12.4 Å². The Hall–Kier alpha value is -3.01. The average molecular weight is 476 g/mol. The van der Waals surface area contributed by atoms with Crippen LogP contribution in [0.2, 0.25) is 0 Å². The van der Waals surface area contributed by atoms with Crippen molar-refractivity contribution in [3.63, 3.8) is 0 Å². The minimum Gasteiger partial charge on any atom is -0.491 e. The normalized spacial score (nSPS) is 12.8. The average Bonchev–Trinajstić information content (AvgIpc) is 2.82. The van der Waals surface area contributed by atoms with E-state index in [1.807, 2.05) is 18.4 Å². The molecule has 0 bridgehead atoms. The van der Waals surface area contributed by atoms with Crippen LogP contribution < -0.4 is 10.1 Å². The molecule has 0 aromatic heterocycles. The largest absolute Gasteiger partial charge is 0.491 e. The highest BCUT2D eigenvalue weighted by Crippen LogP contribution is 2.33. The number of ether oxygens (including phenoxy) is 3. The molecule has 2 aromatic rings. The van der Waals surface area contributed by atoms with Crippen LogP contribution in [0.1, 0.15) is 24.5 Å². The Morgan fingerprint density at radius 1 is 1.15 bits per heavy atom. The van der Waals surface area contributed by atoms with Crippen LogP contribution in [-0.4, -0.2) is 55.0 Å². The molecular formula is C24H29NO7S. The van der Waals surface area contributed by atoms with Crippen molar-refractivity contribution in [2.75, 3.05) is 31.9 Å². The topological polar surface area (TPSA) is 114 Å². The minimum absolute atomic E-state index is 0.0801. The number of methoxy groups -OCH3 is 1. The van der Waals surface area contributed by atoms with Gasteiger partial charge in [0.05, 0.1) is 12.7 Å². The van der Waals surface area contributed by atoms with Gasteiger partial charge in [0, 0.05) is 29.3 Å². The molecule has 0 spiro atoms. The van der Waals surface area contributed by atoms with Crippen LogP contribution in [0.3, 0.4) is 0 Å². The third kappa shape index (κ3) is 8.80. The van der Waals surface area contributed by atoms with Crippen LogP contribution in [0.15, 0.2) is 65.6 Å². The molecule has 0 saturated heterocycles. The summed E-state index contributed by atoms with van der Waals surface area (Å²) in [5.74, 6) is -0.580. The fourth-order valence-corrected chi connectivity index (χ4v) is 3.52. The summed E-state index contributed by atoms with van der Waals surface area (Å²) in [6.45, 7) is -0.0865. The lowest BCUT2D eigenvalue weighted by Crippen LogP contribution is -2.28. The predicted octanol–water partition coefficient (Wildman–Crippen LogP) is 4.51. The smallest absolute Gasteiger partial charge is 0.412 e. The van der Waals surface area contributed by atoms with Crippen LogP contribution >= 0.6 is 11.8 Å². The molecule has 9 heteroatoms. The second-order valence-electron chi connectivity index (χ2n) is 6.88. The molecule has 178 valence electrons. The van der Waals surface area contributed by atoms with E-state index >= 15 is 0 Å². The molecule has 1 amide bonds. The highest BCUT2D eigenvalue weighted by Gasteiger charge is 2.29. The fourth-order valence-electron chi connectivity index (χ4n) is 3.12. The molecule has 3 N–H and O–H groups in total. The molecule has 2 rings (SSSR count). The van der Waals surface area contributed by atoms with Gasteiger partial charge >= 0.3 is 12.1 Å². The number of rotatable bonds is 13. The first-order chi connectivity index (χ1) is 16.0. The van der Waals surface area contributed by atoms with Gasteiger partial charge in [0.15, 0.2) is 6.10 Å². The van der Waals surface area contributed by atoms with Crippen molar-refractivity contribution in [1.82, 2.24) is 0 Å². The summed E-state index contributed by atoms with van der Waals surface area (Å²) in [5, 5.41) is 20.7. The lowest BCUT2D eigenvalue weighted by molar-refractivity contribution is -0.131. The monoisotopic (exact) mass is 475 g/mol. The van der Waals surface area contributed by atoms with E-state index in [-0.39, 0.29) is 13.2 Å². The third-order valence-electron chi connectivity index (χ3n) is 4.66. The Labute approximate surface area is 197 Å². The molecule has 0 aliphatic rings. The van der Waals surface area contributed by atoms with Crippen LogP contribution in [0, 0.1) is 0 Å². The van der Waals surface area contributed by atoms with Crippen molar-refractivity contribution in [2.24, 2.45) is 0 Å². The Morgan fingerprint density at radius 2 is 1.88 bits per heavy atom. The molecule has 8 nitrogen and oxygen atoms in total. The first kappa shape index (κ1) is 26.2. The van der Waals surface area contributed by atoms with E-state index in [1.165, 1.54) is 13.2 Å². The zero-order valence-corrected chi connectivity index (χ0v) is 19.4. The highest BCUT2D eigenvalue weighted by molar-refractivity contribution is 7.98. The molecule has 0 saturated carbocycles. The number of aliphatic carboxylic acids is 1.